The smallest absolute Gasteiger partial charge is 0.445 e. The van der Waals surface area contributed by atoms with Gasteiger partial charge in [-0.15, -0.1) is 5.10 Å². The predicted molar refractivity (Wildman–Crippen MR) is 58.2 cm³/mol. The van der Waals surface area contributed by atoms with Crippen molar-refractivity contribution in [2.45, 2.75) is 32.5 Å². The SMILES string of the molecule is CC(C)NCCCOc1nnc(C(F)(F)F)s1. The van der Waals surface area contributed by atoms with Crippen LogP contribution in [0, 0.1) is 0 Å². The zero-order valence-corrected chi connectivity index (χ0v) is 10.4. The summed E-state index contributed by atoms with van der Waals surface area (Å²) in [5.74, 6) is 0. The number of aromatic nitrogens is 2. The average Bonchev–Trinajstić information content (AvgIpc) is 2.64. The van der Waals surface area contributed by atoms with Gasteiger partial charge in [-0.3, -0.25) is 0 Å². The Bertz CT molecular complexity index is 340. The lowest BCUT2D eigenvalue weighted by Crippen LogP contribution is -2.24. The maximum Gasteiger partial charge on any atom is 0.445 e. The Morgan fingerprint density at radius 2 is 2.06 bits per heavy atom. The molecule has 0 aromatic carbocycles. The van der Waals surface area contributed by atoms with Crippen molar-refractivity contribution >= 4 is 11.3 Å². The van der Waals surface area contributed by atoms with Gasteiger partial charge in [0.2, 0.25) is 5.01 Å². The number of ether oxygens (including phenoxy) is 1. The molecular formula is C9H14F3N3OS. The van der Waals surface area contributed by atoms with Gasteiger partial charge in [0.25, 0.3) is 5.19 Å². The first kappa shape index (κ1) is 14.2. The van der Waals surface area contributed by atoms with E-state index in [4.69, 9.17) is 4.74 Å². The molecule has 0 atom stereocenters. The summed E-state index contributed by atoms with van der Waals surface area (Å²) in [5.41, 5.74) is 0. The molecule has 0 unspecified atom stereocenters. The van der Waals surface area contributed by atoms with Gasteiger partial charge in [-0.2, -0.15) is 13.2 Å². The van der Waals surface area contributed by atoms with Gasteiger partial charge in [-0.05, 0) is 13.0 Å². The Kier molecular flexibility index (Phi) is 5.13. The molecule has 0 saturated heterocycles. The Hall–Kier alpha value is -0.890. The minimum Gasteiger partial charge on any atom is -0.469 e. The van der Waals surface area contributed by atoms with Gasteiger partial charge in [0.15, 0.2) is 0 Å². The van der Waals surface area contributed by atoms with Crippen molar-refractivity contribution in [1.82, 2.24) is 15.5 Å². The molecule has 17 heavy (non-hydrogen) atoms. The van der Waals surface area contributed by atoms with E-state index in [0.29, 0.717) is 30.4 Å². The summed E-state index contributed by atoms with van der Waals surface area (Å²) in [6, 6.07) is 0.383. The Labute approximate surface area is 101 Å². The fourth-order valence-electron chi connectivity index (χ4n) is 1.01. The number of halogens is 3. The molecule has 98 valence electrons. The number of rotatable bonds is 6. The molecule has 1 heterocycles. The van der Waals surface area contributed by atoms with Crippen molar-refractivity contribution in [3.63, 3.8) is 0 Å². The zero-order chi connectivity index (χ0) is 12.9. The van der Waals surface area contributed by atoms with E-state index in [1.165, 1.54) is 0 Å². The second kappa shape index (κ2) is 6.15. The molecule has 0 aliphatic carbocycles. The lowest BCUT2D eigenvalue weighted by Gasteiger charge is -2.07. The highest BCUT2D eigenvalue weighted by molar-refractivity contribution is 7.13. The quantitative estimate of drug-likeness (QED) is 0.805. The van der Waals surface area contributed by atoms with Crippen LogP contribution in [-0.2, 0) is 6.18 Å². The third-order valence-corrected chi connectivity index (χ3v) is 2.63. The molecular weight excluding hydrogens is 255 g/mol. The highest BCUT2D eigenvalue weighted by atomic mass is 32.1. The molecule has 4 nitrogen and oxygen atoms in total. The molecule has 0 aliphatic rings. The molecule has 0 spiro atoms. The van der Waals surface area contributed by atoms with Crippen LogP contribution in [-0.4, -0.2) is 29.4 Å². The summed E-state index contributed by atoms with van der Waals surface area (Å²) in [6.07, 6.45) is -3.74. The summed E-state index contributed by atoms with van der Waals surface area (Å²) in [6.45, 7) is 5.11. The Balaban J connectivity index is 2.26. The van der Waals surface area contributed by atoms with E-state index in [9.17, 15) is 13.2 Å². The Morgan fingerprint density at radius 3 is 2.59 bits per heavy atom. The van der Waals surface area contributed by atoms with Crippen molar-refractivity contribution in [1.29, 1.82) is 0 Å². The van der Waals surface area contributed by atoms with Crippen molar-refractivity contribution < 1.29 is 17.9 Å². The second-order valence-electron chi connectivity index (χ2n) is 3.68. The van der Waals surface area contributed by atoms with E-state index in [1.54, 1.807) is 0 Å². The van der Waals surface area contributed by atoms with Crippen LogP contribution in [0.1, 0.15) is 25.3 Å². The standard InChI is InChI=1S/C9H14F3N3OS/c1-6(2)13-4-3-5-16-8-15-14-7(17-8)9(10,11)12/h6,13H,3-5H2,1-2H3. The van der Waals surface area contributed by atoms with Crippen LogP contribution in [0.3, 0.4) is 0 Å². The van der Waals surface area contributed by atoms with Crippen LogP contribution in [0.5, 0.6) is 5.19 Å². The molecule has 1 rings (SSSR count). The van der Waals surface area contributed by atoms with E-state index < -0.39 is 11.2 Å². The van der Waals surface area contributed by atoms with Crippen molar-refractivity contribution in [3.05, 3.63) is 5.01 Å². The van der Waals surface area contributed by atoms with Gasteiger partial charge in [0, 0.05) is 6.04 Å². The number of nitrogens with one attached hydrogen (secondary N) is 1. The maximum absolute atomic E-state index is 12.2. The van der Waals surface area contributed by atoms with E-state index in [0.717, 1.165) is 6.54 Å². The number of hydrogen-bond acceptors (Lipinski definition) is 5. The summed E-state index contributed by atoms with van der Waals surface area (Å²) < 4.78 is 41.6. The van der Waals surface area contributed by atoms with Crippen molar-refractivity contribution in [3.8, 4) is 5.19 Å². The lowest BCUT2D eigenvalue weighted by molar-refractivity contribution is -0.138. The molecule has 0 bridgehead atoms. The number of nitrogens with zero attached hydrogens (tertiary/aromatic N) is 2. The number of alkyl halides is 3. The van der Waals surface area contributed by atoms with E-state index in [2.05, 4.69) is 15.5 Å². The number of hydrogen-bond donors (Lipinski definition) is 1. The highest BCUT2D eigenvalue weighted by Crippen LogP contribution is 2.33. The molecule has 1 aromatic rings. The Morgan fingerprint density at radius 1 is 1.35 bits per heavy atom. The molecule has 1 N–H and O–H groups in total. The average molecular weight is 269 g/mol. The largest absolute Gasteiger partial charge is 0.469 e. The topological polar surface area (TPSA) is 47.0 Å². The summed E-state index contributed by atoms with van der Waals surface area (Å²) in [4.78, 5) is 0. The minimum absolute atomic E-state index is 0.0399. The normalized spacial score (nSPS) is 12.1. The first-order valence-electron chi connectivity index (χ1n) is 5.16. The monoisotopic (exact) mass is 269 g/mol. The zero-order valence-electron chi connectivity index (χ0n) is 9.54. The van der Waals surface area contributed by atoms with E-state index in [-0.39, 0.29) is 5.19 Å². The molecule has 0 aliphatic heterocycles. The van der Waals surface area contributed by atoms with Gasteiger partial charge in [-0.1, -0.05) is 30.3 Å². The maximum atomic E-state index is 12.2. The predicted octanol–water partition coefficient (Wildman–Crippen LogP) is 2.32. The fourth-order valence-corrected chi connectivity index (χ4v) is 1.59. The van der Waals surface area contributed by atoms with Crippen molar-refractivity contribution in [2.75, 3.05) is 13.2 Å². The van der Waals surface area contributed by atoms with Crippen LogP contribution < -0.4 is 10.1 Å². The summed E-state index contributed by atoms with van der Waals surface area (Å²) >= 11 is 0.414. The molecule has 0 radical (unpaired) electrons. The van der Waals surface area contributed by atoms with Crippen LogP contribution in [0.25, 0.3) is 0 Å². The third kappa shape index (κ3) is 5.31. The van der Waals surface area contributed by atoms with Gasteiger partial charge >= 0.3 is 6.18 Å². The minimum atomic E-state index is -4.45. The van der Waals surface area contributed by atoms with Gasteiger partial charge < -0.3 is 10.1 Å². The molecule has 1 aromatic heterocycles. The van der Waals surface area contributed by atoms with E-state index in [1.807, 2.05) is 13.8 Å². The fraction of sp³-hybridized carbons (Fsp3) is 0.778. The summed E-state index contributed by atoms with van der Waals surface area (Å²) in [7, 11) is 0. The van der Waals surface area contributed by atoms with Crippen LogP contribution >= 0.6 is 11.3 Å². The first-order valence-corrected chi connectivity index (χ1v) is 5.98. The van der Waals surface area contributed by atoms with E-state index >= 15 is 0 Å². The van der Waals surface area contributed by atoms with Gasteiger partial charge in [0.1, 0.15) is 0 Å². The first-order chi connectivity index (χ1) is 7.89. The lowest BCUT2D eigenvalue weighted by atomic mass is 10.3. The van der Waals surface area contributed by atoms with Crippen LogP contribution in [0.4, 0.5) is 13.2 Å². The summed E-state index contributed by atoms with van der Waals surface area (Å²) in [5, 5.41) is 8.49. The second-order valence-corrected chi connectivity index (χ2v) is 4.62. The molecule has 0 amide bonds. The molecule has 0 saturated carbocycles. The van der Waals surface area contributed by atoms with Gasteiger partial charge in [0.05, 0.1) is 6.61 Å². The highest BCUT2D eigenvalue weighted by Gasteiger charge is 2.35. The third-order valence-electron chi connectivity index (χ3n) is 1.75. The van der Waals surface area contributed by atoms with Crippen LogP contribution in [0.2, 0.25) is 0 Å². The van der Waals surface area contributed by atoms with Crippen molar-refractivity contribution in [2.24, 2.45) is 0 Å². The van der Waals surface area contributed by atoms with Gasteiger partial charge in [-0.25, -0.2) is 0 Å². The van der Waals surface area contributed by atoms with Crippen LogP contribution in [0.15, 0.2) is 0 Å². The molecule has 0 fully saturated rings. The molecule has 8 heteroatoms.